The first-order chi connectivity index (χ1) is 12.0. The molecule has 2 N–H and O–H groups in total. The maximum absolute atomic E-state index is 14.1. The van der Waals surface area contributed by atoms with Crippen LogP contribution in [0, 0.1) is 11.6 Å². The van der Waals surface area contributed by atoms with Crippen LogP contribution in [0.3, 0.4) is 0 Å². The Labute approximate surface area is 151 Å². The second kappa shape index (κ2) is 9.48. The van der Waals surface area contributed by atoms with Gasteiger partial charge in [0.2, 0.25) is 0 Å². The first-order valence-corrected chi connectivity index (χ1v) is 9.05. The number of guanidine groups is 1. The minimum atomic E-state index is -0.541. The number of rotatable bonds is 7. The van der Waals surface area contributed by atoms with E-state index in [-0.39, 0.29) is 5.56 Å². The van der Waals surface area contributed by atoms with Gasteiger partial charge in [-0.05, 0) is 44.6 Å². The molecule has 0 saturated heterocycles. The number of halogens is 2. The van der Waals surface area contributed by atoms with Gasteiger partial charge in [-0.2, -0.15) is 0 Å². The van der Waals surface area contributed by atoms with Gasteiger partial charge >= 0.3 is 0 Å². The molecule has 4 nitrogen and oxygen atoms in total. The molecule has 0 spiro atoms. The van der Waals surface area contributed by atoms with Gasteiger partial charge in [-0.3, -0.25) is 0 Å². The summed E-state index contributed by atoms with van der Waals surface area (Å²) in [6.45, 7) is 3.58. The van der Waals surface area contributed by atoms with Crippen molar-refractivity contribution in [1.29, 1.82) is 0 Å². The van der Waals surface area contributed by atoms with E-state index < -0.39 is 17.7 Å². The van der Waals surface area contributed by atoms with Crippen LogP contribution in [0.15, 0.2) is 40.7 Å². The molecule has 1 aromatic carbocycles. The van der Waals surface area contributed by atoms with Crippen LogP contribution >= 0.6 is 11.3 Å². The summed E-state index contributed by atoms with van der Waals surface area (Å²) in [4.78, 5) is 7.47. The summed E-state index contributed by atoms with van der Waals surface area (Å²) in [5.74, 6) is -0.457. The SMILES string of the molecule is CCNC(=NCc1cccs1)NCC(c1c(F)cccc1F)N(C)C. The maximum atomic E-state index is 14.1. The molecule has 0 radical (unpaired) electrons. The highest BCUT2D eigenvalue weighted by molar-refractivity contribution is 7.09. The molecule has 0 aliphatic carbocycles. The van der Waals surface area contributed by atoms with Gasteiger partial charge < -0.3 is 15.5 Å². The van der Waals surface area contributed by atoms with Crippen molar-refractivity contribution in [3.63, 3.8) is 0 Å². The van der Waals surface area contributed by atoms with Crippen molar-refractivity contribution in [2.75, 3.05) is 27.2 Å². The first-order valence-electron chi connectivity index (χ1n) is 8.17. The third kappa shape index (κ3) is 5.51. The van der Waals surface area contributed by atoms with Crippen LogP contribution in [0.4, 0.5) is 8.78 Å². The number of aliphatic imine (C=N–C) groups is 1. The van der Waals surface area contributed by atoms with Crippen molar-refractivity contribution in [3.05, 3.63) is 57.8 Å². The van der Waals surface area contributed by atoms with Gasteiger partial charge in [0.15, 0.2) is 5.96 Å². The van der Waals surface area contributed by atoms with Crippen LogP contribution in [-0.2, 0) is 6.54 Å². The second-order valence-electron chi connectivity index (χ2n) is 5.77. The van der Waals surface area contributed by atoms with Crippen molar-refractivity contribution < 1.29 is 8.78 Å². The van der Waals surface area contributed by atoms with Gasteiger partial charge in [0.25, 0.3) is 0 Å². The quantitative estimate of drug-likeness (QED) is 0.583. The Balaban J connectivity index is 2.11. The average molecular weight is 366 g/mol. The van der Waals surface area contributed by atoms with E-state index in [9.17, 15) is 8.78 Å². The highest BCUT2D eigenvalue weighted by Crippen LogP contribution is 2.23. The molecule has 0 fully saturated rings. The van der Waals surface area contributed by atoms with Crippen molar-refractivity contribution in [3.8, 4) is 0 Å². The van der Waals surface area contributed by atoms with Crippen molar-refractivity contribution >= 4 is 17.3 Å². The number of nitrogens with zero attached hydrogens (tertiary/aromatic N) is 2. The lowest BCUT2D eigenvalue weighted by Gasteiger charge is -2.26. The molecule has 0 saturated carbocycles. The Hall–Kier alpha value is -1.99. The van der Waals surface area contributed by atoms with Gasteiger partial charge in [0.05, 0.1) is 12.6 Å². The molecule has 0 amide bonds. The molecule has 0 aliphatic heterocycles. The van der Waals surface area contributed by atoms with Crippen LogP contribution in [0.25, 0.3) is 0 Å². The molecule has 136 valence electrons. The fourth-order valence-corrected chi connectivity index (χ4v) is 3.09. The Morgan fingerprint density at radius 3 is 2.44 bits per heavy atom. The fourth-order valence-electron chi connectivity index (χ4n) is 2.47. The van der Waals surface area contributed by atoms with Gasteiger partial charge in [0, 0.05) is 23.5 Å². The van der Waals surface area contributed by atoms with E-state index in [1.54, 1.807) is 30.3 Å². The van der Waals surface area contributed by atoms with E-state index in [1.165, 1.54) is 18.2 Å². The Morgan fingerprint density at radius 2 is 1.88 bits per heavy atom. The molecular weight excluding hydrogens is 342 g/mol. The van der Waals surface area contributed by atoms with Crippen LogP contribution in [0.2, 0.25) is 0 Å². The van der Waals surface area contributed by atoms with Crippen molar-refractivity contribution in [2.45, 2.75) is 19.5 Å². The lowest BCUT2D eigenvalue weighted by atomic mass is 10.0. The van der Waals surface area contributed by atoms with Crippen molar-refractivity contribution in [2.24, 2.45) is 4.99 Å². The normalized spacial score (nSPS) is 13.1. The smallest absolute Gasteiger partial charge is 0.191 e. The standard InChI is InChI=1S/C18H24F2N4S/c1-4-21-18(22-11-13-7-6-10-25-13)23-12-16(24(2)3)17-14(19)8-5-9-15(17)20/h5-10,16H,4,11-12H2,1-3H3,(H2,21,22,23). The number of thiophene rings is 1. The largest absolute Gasteiger partial charge is 0.357 e. The van der Waals surface area contributed by atoms with E-state index in [0.29, 0.717) is 25.6 Å². The summed E-state index contributed by atoms with van der Waals surface area (Å²) >= 11 is 1.64. The minimum Gasteiger partial charge on any atom is -0.357 e. The molecule has 25 heavy (non-hydrogen) atoms. The average Bonchev–Trinajstić information content (AvgIpc) is 3.08. The third-order valence-electron chi connectivity index (χ3n) is 3.74. The Bertz CT molecular complexity index is 666. The molecule has 2 rings (SSSR count). The number of hydrogen-bond acceptors (Lipinski definition) is 3. The zero-order valence-corrected chi connectivity index (χ0v) is 15.5. The van der Waals surface area contributed by atoms with Crippen LogP contribution in [0.1, 0.15) is 23.4 Å². The molecule has 1 aromatic heterocycles. The molecule has 2 aromatic rings. The van der Waals surface area contributed by atoms with E-state index in [0.717, 1.165) is 4.88 Å². The van der Waals surface area contributed by atoms with E-state index in [1.807, 2.05) is 24.4 Å². The molecule has 7 heteroatoms. The molecule has 1 atom stereocenters. The van der Waals surface area contributed by atoms with Crippen LogP contribution < -0.4 is 10.6 Å². The summed E-state index contributed by atoms with van der Waals surface area (Å²) < 4.78 is 28.3. The topological polar surface area (TPSA) is 39.7 Å². The van der Waals surface area contributed by atoms with Gasteiger partial charge in [-0.1, -0.05) is 12.1 Å². The summed E-state index contributed by atoms with van der Waals surface area (Å²) in [6.07, 6.45) is 0. The molecule has 1 heterocycles. The molecular formula is C18H24F2N4S. The summed E-state index contributed by atoms with van der Waals surface area (Å²) in [6, 6.07) is 7.50. The fraction of sp³-hybridized carbons (Fsp3) is 0.389. The Kier molecular flexibility index (Phi) is 7.33. The van der Waals surface area contributed by atoms with E-state index >= 15 is 0 Å². The lowest BCUT2D eigenvalue weighted by molar-refractivity contribution is 0.282. The summed E-state index contributed by atoms with van der Waals surface area (Å²) in [5.41, 5.74) is 0.0640. The van der Waals surface area contributed by atoms with Crippen LogP contribution in [0.5, 0.6) is 0 Å². The minimum absolute atomic E-state index is 0.0640. The Morgan fingerprint density at radius 1 is 1.16 bits per heavy atom. The number of benzene rings is 1. The zero-order valence-electron chi connectivity index (χ0n) is 14.7. The monoisotopic (exact) mass is 366 g/mol. The first kappa shape index (κ1) is 19.3. The summed E-state index contributed by atoms with van der Waals surface area (Å²) in [7, 11) is 3.60. The van der Waals surface area contributed by atoms with Gasteiger partial charge in [-0.15, -0.1) is 11.3 Å². The predicted octanol–water partition coefficient (Wildman–Crippen LogP) is 3.38. The highest BCUT2D eigenvalue weighted by Gasteiger charge is 2.22. The third-order valence-corrected chi connectivity index (χ3v) is 4.60. The van der Waals surface area contributed by atoms with E-state index in [2.05, 4.69) is 15.6 Å². The van der Waals surface area contributed by atoms with Crippen LogP contribution in [-0.4, -0.2) is 38.0 Å². The highest BCUT2D eigenvalue weighted by atomic mass is 32.1. The lowest BCUT2D eigenvalue weighted by Crippen LogP contribution is -2.42. The summed E-state index contributed by atoms with van der Waals surface area (Å²) in [5, 5.41) is 8.35. The molecule has 0 aliphatic rings. The number of likely N-dealkylation sites (N-methyl/N-ethyl adjacent to an activating group) is 1. The van der Waals surface area contributed by atoms with Gasteiger partial charge in [0.1, 0.15) is 11.6 Å². The van der Waals surface area contributed by atoms with Crippen molar-refractivity contribution in [1.82, 2.24) is 15.5 Å². The predicted molar refractivity (Wildman–Crippen MR) is 99.9 cm³/mol. The number of hydrogen-bond donors (Lipinski definition) is 2. The molecule has 1 unspecified atom stereocenters. The molecule has 0 bridgehead atoms. The number of nitrogens with one attached hydrogen (secondary N) is 2. The zero-order chi connectivity index (χ0) is 18.2. The maximum Gasteiger partial charge on any atom is 0.191 e. The second-order valence-corrected chi connectivity index (χ2v) is 6.80. The van der Waals surface area contributed by atoms with Gasteiger partial charge in [-0.25, -0.2) is 13.8 Å². The van der Waals surface area contributed by atoms with E-state index in [4.69, 9.17) is 0 Å².